The number of aryl methyl sites for hydroxylation is 1. The van der Waals surface area contributed by atoms with E-state index < -0.39 is 5.60 Å². The number of nitrogens with zero attached hydrogens (tertiary/aromatic N) is 1. The second-order valence-electron chi connectivity index (χ2n) is 8.14. The highest BCUT2D eigenvalue weighted by atomic mass is 16.5. The van der Waals surface area contributed by atoms with Crippen LogP contribution in [0.2, 0.25) is 0 Å². The molecule has 2 aliphatic rings. The van der Waals surface area contributed by atoms with Crippen LogP contribution in [0.1, 0.15) is 55.5 Å². The number of benzene rings is 1. The molecule has 2 aliphatic heterocycles. The van der Waals surface area contributed by atoms with Gasteiger partial charge in [-0.3, -0.25) is 4.79 Å². The highest BCUT2D eigenvalue weighted by molar-refractivity contribution is 5.94. The van der Waals surface area contributed by atoms with E-state index in [1.165, 1.54) is 6.42 Å². The summed E-state index contributed by atoms with van der Waals surface area (Å²) < 4.78 is 5.58. The van der Waals surface area contributed by atoms with Crippen LogP contribution >= 0.6 is 0 Å². The largest absolute Gasteiger partial charge is 0.390 e. The van der Waals surface area contributed by atoms with Gasteiger partial charge in [-0.15, -0.1) is 0 Å². The Morgan fingerprint density at radius 3 is 2.67 bits per heavy atom. The molecule has 2 heterocycles. The smallest absolute Gasteiger partial charge is 0.253 e. The van der Waals surface area contributed by atoms with Gasteiger partial charge in [0.25, 0.3) is 5.91 Å². The standard InChI is InChI=1S/C20H29NO3/c1-19(2,23)10-8-16-4-6-17(7-5-16)18(22)21-12-3-9-20(14-21)11-13-24-15-20/h4-7,23H,3,8-15H2,1-2H3/t20-/m0/s1. The van der Waals surface area contributed by atoms with Crippen molar-refractivity contribution < 1.29 is 14.6 Å². The second-order valence-corrected chi connectivity index (χ2v) is 8.14. The van der Waals surface area contributed by atoms with Crippen LogP contribution in [-0.2, 0) is 11.2 Å². The molecule has 24 heavy (non-hydrogen) atoms. The van der Waals surface area contributed by atoms with Crippen molar-refractivity contribution in [1.29, 1.82) is 0 Å². The Morgan fingerprint density at radius 2 is 2.04 bits per heavy atom. The quantitative estimate of drug-likeness (QED) is 0.922. The third-order valence-corrected chi connectivity index (χ3v) is 5.36. The Balaban J connectivity index is 1.62. The molecule has 1 N–H and O–H groups in total. The third-order valence-electron chi connectivity index (χ3n) is 5.36. The van der Waals surface area contributed by atoms with Crippen molar-refractivity contribution in [2.75, 3.05) is 26.3 Å². The lowest BCUT2D eigenvalue weighted by atomic mass is 9.79. The summed E-state index contributed by atoms with van der Waals surface area (Å²) >= 11 is 0. The first-order valence-corrected chi connectivity index (χ1v) is 9.05. The van der Waals surface area contributed by atoms with E-state index in [9.17, 15) is 9.90 Å². The van der Waals surface area contributed by atoms with E-state index in [4.69, 9.17) is 4.74 Å². The number of piperidine rings is 1. The van der Waals surface area contributed by atoms with E-state index in [1.54, 1.807) is 0 Å². The van der Waals surface area contributed by atoms with Crippen LogP contribution in [0.5, 0.6) is 0 Å². The second kappa shape index (κ2) is 6.85. The summed E-state index contributed by atoms with van der Waals surface area (Å²) in [6, 6.07) is 7.87. The van der Waals surface area contributed by atoms with E-state index in [2.05, 4.69) is 0 Å². The fraction of sp³-hybridized carbons (Fsp3) is 0.650. The average molecular weight is 331 g/mol. The molecule has 1 spiro atoms. The van der Waals surface area contributed by atoms with Crippen LogP contribution in [-0.4, -0.2) is 47.8 Å². The minimum Gasteiger partial charge on any atom is -0.390 e. The summed E-state index contributed by atoms with van der Waals surface area (Å²) in [5, 5.41) is 9.82. The molecule has 0 unspecified atom stereocenters. The third kappa shape index (κ3) is 4.17. The number of rotatable bonds is 4. The van der Waals surface area contributed by atoms with E-state index in [-0.39, 0.29) is 11.3 Å². The van der Waals surface area contributed by atoms with Gasteiger partial charge >= 0.3 is 0 Å². The molecule has 0 saturated carbocycles. The molecule has 1 aromatic carbocycles. The summed E-state index contributed by atoms with van der Waals surface area (Å²) in [4.78, 5) is 14.8. The van der Waals surface area contributed by atoms with Gasteiger partial charge in [0.15, 0.2) is 0 Å². The van der Waals surface area contributed by atoms with Crippen LogP contribution in [0.3, 0.4) is 0 Å². The lowest BCUT2D eigenvalue weighted by Gasteiger charge is -2.39. The zero-order valence-corrected chi connectivity index (χ0v) is 14.9. The highest BCUT2D eigenvalue weighted by Crippen LogP contribution is 2.38. The van der Waals surface area contributed by atoms with Crippen molar-refractivity contribution in [2.24, 2.45) is 5.41 Å². The summed E-state index contributed by atoms with van der Waals surface area (Å²) in [5.41, 5.74) is 1.46. The molecule has 132 valence electrons. The topological polar surface area (TPSA) is 49.8 Å². The van der Waals surface area contributed by atoms with Crippen molar-refractivity contribution in [3.63, 3.8) is 0 Å². The number of likely N-dealkylation sites (tertiary alicyclic amines) is 1. The van der Waals surface area contributed by atoms with Crippen LogP contribution in [0.4, 0.5) is 0 Å². The molecule has 1 amide bonds. The van der Waals surface area contributed by atoms with Gasteiger partial charge in [0.1, 0.15) is 0 Å². The number of aliphatic hydroxyl groups is 1. The number of hydrogen-bond donors (Lipinski definition) is 1. The van der Waals surface area contributed by atoms with Crippen molar-refractivity contribution in [1.82, 2.24) is 4.90 Å². The normalized spacial score (nSPS) is 24.5. The van der Waals surface area contributed by atoms with Gasteiger partial charge in [-0.05, 0) is 63.6 Å². The van der Waals surface area contributed by atoms with E-state index in [0.717, 1.165) is 63.1 Å². The predicted octanol–water partition coefficient (Wildman–Crippen LogP) is 3.03. The van der Waals surface area contributed by atoms with Crippen molar-refractivity contribution in [2.45, 2.75) is 51.6 Å². The summed E-state index contributed by atoms with van der Waals surface area (Å²) in [6.45, 7) is 6.95. The summed E-state index contributed by atoms with van der Waals surface area (Å²) in [7, 11) is 0. The lowest BCUT2D eigenvalue weighted by Crippen LogP contribution is -2.46. The number of ether oxygens (including phenoxy) is 1. The molecule has 1 aromatic rings. The number of carbonyl (C=O) groups is 1. The van der Waals surface area contributed by atoms with Gasteiger partial charge in [-0.1, -0.05) is 12.1 Å². The summed E-state index contributed by atoms with van der Waals surface area (Å²) in [6.07, 6.45) is 4.86. The molecule has 1 atom stereocenters. The SMILES string of the molecule is CC(C)(O)CCc1ccc(C(=O)N2CCC[C@]3(CCOC3)C2)cc1. The Morgan fingerprint density at radius 1 is 1.29 bits per heavy atom. The maximum absolute atomic E-state index is 12.8. The Bertz CT molecular complexity index is 568. The molecule has 0 aromatic heterocycles. The van der Waals surface area contributed by atoms with Gasteiger partial charge in [0.2, 0.25) is 0 Å². The first-order valence-electron chi connectivity index (χ1n) is 9.05. The maximum Gasteiger partial charge on any atom is 0.253 e. The fourth-order valence-corrected chi connectivity index (χ4v) is 3.80. The Labute approximate surface area is 144 Å². The number of amides is 1. The van der Waals surface area contributed by atoms with Crippen LogP contribution in [0.15, 0.2) is 24.3 Å². The minimum atomic E-state index is -0.653. The van der Waals surface area contributed by atoms with Crippen LogP contribution in [0, 0.1) is 5.41 Å². The predicted molar refractivity (Wildman–Crippen MR) is 94.1 cm³/mol. The van der Waals surface area contributed by atoms with E-state index in [1.807, 2.05) is 43.0 Å². The van der Waals surface area contributed by atoms with Gasteiger partial charge in [-0.2, -0.15) is 0 Å². The number of carbonyl (C=O) groups excluding carboxylic acids is 1. The average Bonchev–Trinajstić information content (AvgIpc) is 3.00. The highest BCUT2D eigenvalue weighted by Gasteiger charge is 2.40. The molecular weight excluding hydrogens is 302 g/mol. The van der Waals surface area contributed by atoms with Crippen LogP contribution in [0.25, 0.3) is 0 Å². The Hall–Kier alpha value is -1.39. The lowest BCUT2D eigenvalue weighted by molar-refractivity contribution is 0.0462. The molecule has 0 radical (unpaired) electrons. The monoisotopic (exact) mass is 331 g/mol. The van der Waals surface area contributed by atoms with Gasteiger partial charge < -0.3 is 14.7 Å². The molecular formula is C20H29NO3. The minimum absolute atomic E-state index is 0.134. The van der Waals surface area contributed by atoms with Gasteiger partial charge in [0, 0.05) is 30.7 Å². The zero-order valence-electron chi connectivity index (χ0n) is 14.9. The molecule has 2 fully saturated rings. The van der Waals surface area contributed by atoms with Crippen LogP contribution < -0.4 is 0 Å². The van der Waals surface area contributed by atoms with Crippen molar-refractivity contribution in [3.05, 3.63) is 35.4 Å². The van der Waals surface area contributed by atoms with Gasteiger partial charge in [-0.25, -0.2) is 0 Å². The number of hydrogen-bond acceptors (Lipinski definition) is 3. The van der Waals surface area contributed by atoms with E-state index >= 15 is 0 Å². The molecule has 2 saturated heterocycles. The zero-order chi connectivity index (χ0) is 17.2. The van der Waals surface area contributed by atoms with Crippen molar-refractivity contribution in [3.8, 4) is 0 Å². The molecule has 0 aliphatic carbocycles. The maximum atomic E-state index is 12.8. The van der Waals surface area contributed by atoms with E-state index in [0.29, 0.717) is 0 Å². The first kappa shape index (κ1) is 17.4. The van der Waals surface area contributed by atoms with Crippen molar-refractivity contribution >= 4 is 5.91 Å². The molecule has 3 rings (SSSR count). The Kier molecular flexibility index (Phi) is 4.97. The fourth-order valence-electron chi connectivity index (χ4n) is 3.80. The molecule has 0 bridgehead atoms. The molecule has 4 nitrogen and oxygen atoms in total. The van der Waals surface area contributed by atoms with Gasteiger partial charge in [0.05, 0.1) is 12.2 Å². The summed E-state index contributed by atoms with van der Waals surface area (Å²) in [5.74, 6) is 0.134. The first-order chi connectivity index (χ1) is 11.4. The molecule has 4 heteroatoms.